The Bertz CT molecular complexity index is 1330. The first-order valence-corrected chi connectivity index (χ1v) is 11.6. The van der Waals surface area contributed by atoms with Crippen LogP contribution in [0.25, 0.3) is 6.08 Å². The van der Waals surface area contributed by atoms with Crippen LogP contribution >= 0.6 is 0 Å². The van der Waals surface area contributed by atoms with Gasteiger partial charge in [-0.15, -0.1) is 0 Å². The Morgan fingerprint density at radius 2 is 1.92 bits per heavy atom. The lowest BCUT2D eigenvalue weighted by molar-refractivity contribution is -0.684. The smallest absolute Gasteiger partial charge is 0.352 e. The molecule has 3 N–H and O–H groups in total. The van der Waals surface area contributed by atoms with Gasteiger partial charge in [-0.05, 0) is 48.4 Å². The number of carbonyl (C=O) groups is 4. The minimum absolute atomic E-state index is 0.0105. The van der Waals surface area contributed by atoms with Crippen LogP contribution < -0.4 is 9.88 Å². The predicted molar refractivity (Wildman–Crippen MR) is 127 cm³/mol. The fourth-order valence-electron chi connectivity index (χ4n) is 5.29. The number of hydrogen-bond donors (Lipinski definition) is 3. The third kappa shape index (κ3) is 4.10. The van der Waals surface area contributed by atoms with Crippen LogP contribution in [0.15, 0.2) is 66.1 Å². The largest absolute Gasteiger partial charge is 0.508 e. The number of aromatic hydroxyl groups is 1. The van der Waals surface area contributed by atoms with Crippen LogP contribution in [0, 0.1) is 5.92 Å². The zero-order valence-electron chi connectivity index (χ0n) is 19.5. The Morgan fingerprint density at radius 3 is 2.61 bits per heavy atom. The first-order chi connectivity index (χ1) is 17.2. The van der Waals surface area contributed by atoms with Crippen LogP contribution in [0.4, 0.5) is 5.69 Å². The number of nitrogens with one attached hydrogen (secondary N) is 1. The summed E-state index contributed by atoms with van der Waals surface area (Å²) in [6, 6.07) is 8.94. The molecular weight excluding hydrogens is 464 g/mol. The second-order valence-corrected chi connectivity index (χ2v) is 9.20. The van der Waals surface area contributed by atoms with E-state index in [1.165, 1.54) is 24.0 Å². The minimum atomic E-state index is -1.17. The highest BCUT2D eigenvalue weighted by molar-refractivity contribution is 6.02. The topological polar surface area (TPSA) is 131 Å². The standard InChI is InChI=1S/C26H24N4O6/c1-15(31)29-13-18-11-17(23(26(35)36)30-22(18)24(29)25(30)34)5-4-16-3-2-10-28(12-16)14-21(33)27-19-6-8-20(32)9-7-19/h2-10,12,18,22,24H,11,13-14H2,1H3,(H2-,27,32,33,35,36)/p+1/b5-4+/t18-,22-,24+/m1/s1. The number of carboxylic acids is 1. The number of hydrogen-bond acceptors (Lipinski definition) is 5. The zero-order valence-corrected chi connectivity index (χ0v) is 19.5. The van der Waals surface area contributed by atoms with E-state index < -0.39 is 12.0 Å². The van der Waals surface area contributed by atoms with Crippen molar-refractivity contribution in [1.82, 2.24) is 9.80 Å². The lowest BCUT2D eigenvalue weighted by Gasteiger charge is -2.49. The van der Waals surface area contributed by atoms with Crippen molar-refractivity contribution in [3.05, 3.63) is 71.7 Å². The number of phenolic OH excluding ortho intramolecular Hbond substituents is 1. The number of aliphatic carboxylic acids is 1. The number of aromatic nitrogens is 1. The molecule has 1 aromatic heterocycles. The number of phenols is 1. The maximum atomic E-state index is 12.8. The van der Waals surface area contributed by atoms with Gasteiger partial charge in [0.15, 0.2) is 12.4 Å². The molecule has 0 spiro atoms. The van der Waals surface area contributed by atoms with Gasteiger partial charge in [-0.1, -0.05) is 6.08 Å². The monoisotopic (exact) mass is 489 g/mol. The van der Waals surface area contributed by atoms with Gasteiger partial charge >= 0.3 is 5.97 Å². The van der Waals surface area contributed by atoms with Crippen molar-refractivity contribution in [2.24, 2.45) is 5.92 Å². The van der Waals surface area contributed by atoms with E-state index >= 15 is 0 Å². The molecule has 3 atom stereocenters. The maximum absolute atomic E-state index is 12.8. The first-order valence-electron chi connectivity index (χ1n) is 11.6. The van der Waals surface area contributed by atoms with Crippen molar-refractivity contribution >= 4 is 35.5 Å². The van der Waals surface area contributed by atoms with Crippen molar-refractivity contribution in [1.29, 1.82) is 0 Å². The Labute approximate surface area is 206 Å². The summed E-state index contributed by atoms with van der Waals surface area (Å²) in [4.78, 5) is 52.1. The highest BCUT2D eigenvalue weighted by Gasteiger charge is 2.63. The number of likely N-dealkylation sites (tertiary alicyclic amines) is 1. The number of benzene rings is 1. The Kier molecular flexibility index (Phi) is 5.79. The number of anilines is 1. The fourth-order valence-corrected chi connectivity index (χ4v) is 5.29. The molecule has 5 rings (SSSR count). The lowest BCUT2D eigenvalue weighted by atomic mass is 9.79. The number of amides is 3. The number of β-lactam (4-membered cyclic amide) rings is 1. The molecule has 0 aliphatic carbocycles. The molecule has 10 heteroatoms. The zero-order chi connectivity index (χ0) is 25.6. The van der Waals surface area contributed by atoms with Crippen LogP contribution in [0.5, 0.6) is 5.75 Å². The number of carboxylic acid groups (broad SMARTS) is 1. The first kappa shape index (κ1) is 23.3. The molecule has 36 heavy (non-hydrogen) atoms. The molecule has 0 unspecified atom stereocenters. The molecule has 3 amide bonds. The van der Waals surface area contributed by atoms with Gasteiger partial charge in [-0.2, -0.15) is 4.57 Å². The molecule has 0 saturated carbocycles. The van der Waals surface area contributed by atoms with Crippen LogP contribution in [0.2, 0.25) is 0 Å². The van der Waals surface area contributed by atoms with Crippen molar-refractivity contribution in [2.75, 3.05) is 11.9 Å². The molecule has 10 nitrogen and oxygen atoms in total. The Balaban J connectivity index is 1.33. The van der Waals surface area contributed by atoms with Gasteiger partial charge in [-0.25, -0.2) is 4.79 Å². The molecule has 4 heterocycles. The van der Waals surface area contributed by atoms with E-state index in [2.05, 4.69) is 5.32 Å². The Hall–Kier alpha value is -4.47. The second-order valence-electron chi connectivity index (χ2n) is 9.20. The van der Waals surface area contributed by atoms with Gasteiger partial charge in [0.1, 0.15) is 17.5 Å². The highest BCUT2D eigenvalue weighted by atomic mass is 16.4. The maximum Gasteiger partial charge on any atom is 0.352 e. The van der Waals surface area contributed by atoms with Crippen molar-refractivity contribution < 1.29 is 34.0 Å². The molecule has 3 aliphatic rings. The summed E-state index contributed by atoms with van der Waals surface area (Å²) in [6.07, 6.45) is 7.42. The molecule has 0 bridgehead atoms. The summed E-state index contributed by atoms with van der Waals surface area (Å²) in [5, 5.41) is 22.0. The number of nitrogens with zero attached hydrogens (tertiary/aromatic N) is 3. The molecule has 0 radical (unpaired) electrons. The van der Waals surface area contributed by atoms with E-state index in [-0.39, 0.29) is 47.7 Å². The molecule has 184 valence electrons. The predicted octanol–water partition coefficient (Wildman–Crippen LogP) is 1.13. The summed E-state index contributed by atoms with van der Waals surface area (Å²) >= 11 is 0. The average Bonchev–Trinajstić information content (AvgIpc) is 3.20. The second kappa shape index (κ2) is 8.95. The van der Waals surface area contributed by atoms with Gasteiger partial charge in [0.25, 0.3) is 11.8 Å². The number of pyridine rings is 1. The number of allylic oxidation sites excluding steroid dienone is 2. The van der Waals surface area contributed by atoms with E-state index in [1.54, 1.807) is 52.2 Å². The summed E-state index contributed by atoms with van der Waals surface area (Å²) < 4.78 is 1.70. The third-order valence-corrected chi connectivity index (χ3v) is 6.83. The van der Waals surface area contributed by atoms with Crippen LogP contribution in [-0.4, -0.2) is 62.3 Å². The normalized spacial score (nSPS) is 22.5. The van der Waals surface area contributed by atoms with Gasteiger partial charge in [0.05, 0.1) is 6.04 Å². The fraction of sp³-hybridized carbons (Fsp3) is 0.269. The van der Waals surface area contributed by atoms with Gasteiger partial charge in [0, 0.05) is 36.7 Å². The minimum Gasteiger partial charge on any atom is -0.508 e. The van der Waals surface area contributed by atoms with Crippen molar-refractivity contribution in [3.63, 3.8) is 0 Å². The van der Waals surface area contributed by atoms with E-state index in [1.807, 2.05) is 6.07 Å². The van der Waals surface area contributed by atoms with E-state index in [4.69, 9.17) is 0 Å². The van der Waals surface area contributed by atoms with E-state index in [0.29, 0.717) is 24.2 Å². The number of rotatable bonds is 6. The third-order valence-electron chi connectivity index (χ3n) is 6.83. The van der Waals surface area contributed by atoms with Gasteiger partial charge in [0.2, 0.25) is 12.5 Å². The highest BCUT2D eigenvalue weighted by Crippen LogP contribution is 2.47. The summed E-state index contributed by atoms with van der Waals surface area (Å²) in [6.45, 7) is 1.91. The van der Waals surface area contributed by atoms with E-state index in [9.17, 15) is 29.4 Å². The van der Waals surface area contributed by atoms with Gasteiger partial charge < -0.3 is 20.4 Å². The quantitative estimate of drug-likeness (QED) is 0.317. The molecular formula is C26H25N4O6+. The Morgan fingerprint density at radius 1 is 1.17 bits per heavy atom. The average molecular weight is 490 g/mol. The van der Waals surface area contributed by atoms with Crippen molar-refractivity contribution in [3.8, 4) is 5.75 Å². The molecule has 3 aliphatic heterocycles. The molecule has 2 fully saturated rings. The summed E-state index contributed by atoms with van der Waals surface area (Å²) in [5.74, 6) is -1.85. The van der Waals surface area contributed by atoms with Crippen LogP contribution in [0.1, 0.15) is 18.9 Å². The SMILES string of the molecule is CC(=O)N1C[C@H]2CC(/C=C/c3ccc[n+](CC(=O)Nc4ccc(O)cc4)c3)=C(C(=O)O)N3C(=O)[C@@H]1[C@@H]23. The van der Waals surface area contributed by atoms with Crippen LogP contribution in [0.3, 0.4) is 0 Å². The van der Waals surface area contributed by atoms with E-state index in [0.717, 1.165) is 5.56 Å². The summed E-state index contributed by atoms with van der Waals surface area (Å²) in [5.41, 5.74) is 1.81. The van der Waals surface area contributed by atoms with Gasteiger partial charge in [-0.3, -0.25) is 19.3 Å². The molecule has 1 aromatic carbocycles. The van der Waals surface area contributed by atoms with Crippen LogP contribution in [-0.2, 0) is 25.7 Å². The molecule has 2 aromatic rings. The van der Waals surface area contributed by atoms with Crippen molar-refractivity contribution in [2.45, 2.75) is 32.0 Å². The number of carbonyl (C=O) groups excluding carboxylic acids is 3. The summed E-state index contributed by atoms with van der Waals surface area (Å²) in [7, 11) is 0. The molecule has 2 saturated heterocycles. The lowest BCUT2D eigenvalue weighted by Crippen LogP contribution is -2.69.